The normalized spacial score (nSPS) is 20.6. The predicted octanol–water partition coefficient (Wildman–Crippen LogP) is 5.76. The summed E-state index contributed by atoms with van der Waals surface area (Å²) in [6.45, 7) is 1.22. The highest BCUT2D eigenvalue weighted by Crippen LogP contribution is 2.39. The Morgan fingerprint density at radius 3 is 1.86 bits per heavy atom. The molecular weight excluding hydrogens is 715 g/mol. The quantitative estimate of drug-likeness (QED) is 0.137. The maximum absolute atomic E-state index is 13.7. The Bertz CT molecular complexity index is 2330. The molecule has 4 amide bonds. The number of ether oxygens (including phenoxy) is 2. The number of pyridine rings is 1. The summed E-state index contributed by atoms with van der Waals surface area (Å²) in [4.78, 5) is 76.4. The van der Waals surface area contributed by atoms with E-state index in [0.29, 0.717) is 24.6 Å². The lowest BCUT2D eigenvalue weighted by Gasteiger charge is -2.28. The van der Waals surface area contributed by atoms with E-state index in [0.717, 1.165) is 96.0 Å². The standard InChI is InChI=1S/C41H45N9O6/c1-55-40(53)46-33(22-7-8-22)38(51)49-17-3-5-31(49)36-42-21-30(45-36)27-14-12-24-19-26(13-11-25(24)20-27)28-15-16-29-35(43-28)48-37(44-29)32-6-4-18-50(32)39(52)34(23-9-10-23)47-41(54)56-2/h11-16,19-23,31-34H,3-10,17-18H2,1-2H3,(H,42,45)(H,46,53)(H,47,54)(H,43,44,48). The lowest BCUT2D eigenvalue weighted by molar-refractivity contribution is -0.135. The summed E-state index contributed by atoms with van der Waals surface area (Å²) in [5, 5.41) is 7.63. The van der Waals surface area contributed by atoms with E-state index in [-0.39, 0.29) is 35.7 Å². The SMILES string of the molecule is COC(=O)NC(C(=O)N1CCCC1c1ncc(-c2ccc3cc(-c4ccc5[nH]c(C6CCCN6C(=O)C(NC(=O)OC)C6CC6)nc5n4)ccc3c2)[nH]1)C1CC1. The molecule has 5 heterocycles. The van der Waals surface area contributed by atoms with Gasteiger partial charge in [0.05, 0.1) is 49.4 Å². The van der Waals surface area contributed by atoms with Gasteiger partial charge in [0, 0.05) is 24.2 Å². The Labute approximate surface area is 322 Å². The van der Waals surface area contributed by atoms with Crippen molar-refractivity contribution in [3.05, 3.63) is 66.4 Å². The molecule has 0 bridgehead atoms. The van der Waals surface area contributed by atoms with E-state index in [4.69, 9.17) is 24.4 Å². The van der Waals surface area contributed by atoms with Crippen molar-refractivity contribution in [1.29, 1.82) is 0 Å². The van der Waals surface area contributed by atoms with Crippen molar-refractivity contribution >= 4 is 45.9 Å². The molecule has 4 atom stereocenters. The molecule has 290 valence electrons. The molecule has 2 aliphatic heterocycles. The van der Waals surface area contributed by atoms with Crippen molar-refractivity contribution < 1.29 is 28.7 Å². The molecule has 2 saturated carbocycles. The molecular formula is C41H45N9O6. The van der Waals surface area contributed by atoms with Crippen LogP contribution in [0.3, 0.4) is 0 Å². The van der Waals surface area contributed by atoms with E-state index >= 15 is 0 Å². The number of hydrogen-bond donors (Lipinski definition) is 4. The fourth-order valence-electron chi connectivity index (χ4n) is 8.44. The second-order valence-corrected chi connectivity index (χ2v) is 15.4. The average molecular weight is 760 g/mol. The number of methoxy groups -OCH3 is 2. The third kappa shape index (κ3) is 6.90. The summed E-state index contributed by atoms with van der Waals surface area (Å²) in [7, 11) is 2.62. The molecule has 56 heavy (non-hydrogen) atoms. The molecule has 2 saturated heterocycles. The van der Waals surface area contributed by atoms with Gasteiger partial charge in [0.2, 0.25) is 11.8 Å². The van der Waals surface area contributed by atoms with Crippen LogP contribution in [0.25, 0.3) is 44.5 Å². The van der Waals surface area contributed by atoms with Crippen LogP contribution in [0.5, 0.6) is 0 Å². The van der Waals surface area contributed by atoms with Gasteiger partial charge in [-0.2, -0.15) is 0 Å². The van der Waals surface area contributed by atoms with E-state index in [1.165, 1.54) is 14.2 Å². The second-order valence-electron chi connectivity index (χ2n) is 15.4. The number of likely N-dealkylation sites (tertiary alicyclic amines) is 2. The number of aromatic amines is 2. The number of aromatic nitrogens is 5. The number of alkyl carbamates (subject to hydrolysis) is 2. The summed E-state index contributed by atoms with van der Waals surface area (Å²) in [6.07, 6.45) is 7.55. The maximum atomic E-state index is 13.7. The number of amides is 4. The van der Waals surface area contributed by atoms with Crippen LogP contribution in [0.1, 0.15) is 75.1 Å². The van der Waals surface area contributed by atoms with Crippen LogP contribution in [0, 0.1) is 11.8 Å². The zero-order valence-electron chi connectivity index (χ0n) is 31.4. The van der Waals surface area contributed by atoms with E-state index < -0.39 is 24.3 Å². The Morgan fingerprint density at radius 2 is 1.27 bits per heavy atom. The number of imidazole rings is 2. The van der Waals surface area contributed by atoms with Gasteiger partial charge in [0.15, 0.2) is 5.65 Å². The first-order valence-electron chi connectivity index (χ1n) is 19.5. The molecule has 5 aromatic rings. The number of nitrogens with zero attached hydrogens (tertiary/aromatic N) is 5. The highest BCUT2D eigenvalue weighted by Gasteiger charge is 2.44. The Kier molecular flexibility index (Phi) is 9.30. The van der Waals surface area contributed by atoms with Crippen LogP contribution < -0.4 is 10.6 Å². The number of rotatable bonds is 10. The smallest absolute Gasteiger partial charge is 0.407 e. The molecule has 3 aromatic heterocycles. The monoisotopic (exact) mass is 759 g/mol. The van der Waals surface area contributed by atoms with Gasteiger partial charge in [-0.15, -0.1) is 0 Å². The van der Waals surface area contributed by atoms with Gasteiger partial charge in [-0.25, -0.2) is 24.5 Å². The summed E-state index contributed by atoms with van der Waals surface area (Å²) in [5.41, 5.74) is 4.97. The fourth-order valence-corrected chi connectivity index (χ4v) is 8.44. The number of H-pyrrole nitrogens is 2. The van der Waals surface area contributed by atoms with E-state index in [1.807, 2.05) is 28.1 Å². The molecule has 15 heteroatoms. The third-order valence-electron chi connectivity index (χ3n) is 11.7. The predicted molar refractivity (Wildman–Crippen MR) is 206 cm³/mol. The highest BCUT2D eigenvalue weighted by atomic mass is 16.5. The molecule has 0 spiro atoms. The van der Waals surface area contributed by atoms with Gasteiger partial charge in [0.1, 0.15) is 23.7 Å². The molecule has 2 aromatic carbocycles. The van der Waals surface area contributed by atoms with Crippen LogP contribution in [0.15, 0.2) is 54.7 Å². The van der Waals surface area contributed by atoms with Crippen LogP contribution in [-0.2, 0) is 19.1 Å². The fraction of sp³-hybridized carbons (Fsp3) is 0.439. The maximum Gasteiger partial charge on any atom is 0.407 e. The van der Waals surface area contributed by atoms with E-state index in [2.05, 4.69) is 57.0 Å². The van der Waals surface area contributed by atoms with Crippen LogP contribution in [0.2, 0.25) is 0 Å². The Morgan fingerprint density at radius 1 is 0.696 bits per heavy atom. The number of nitrogens with one attached hydrogen (secondary N) is 4. The number of benzene rings is 2. The lowest BCUT2D eigenvalue weighted by atomic mass is 10.0. The molecule has 4 N–H and O–H groups in total. The Hall–Kier alpha value is -5.99. The average Bonchev–Trinajstić information content (AvgIpc) is 3.97. The van der Waals surface area contributed by atoms with E-state index in [9.17, 15) is 19.2 Å². The number of fused-ring (bicyclic) bond motifs is 2. The van der Waals surface area contributed by atoms with Gasteiger partial charge in [0.25, 0.3) is 0 Å². The summed E-state index contributed by atoms with van der Waals surface area (Å²) in [6, 6.07) is 14.9. The second kappa shape index (κ2) is 14.6. The molecule has 4 fully saturated rings. The first kappa shape index (κ1) is 35.7. The van der Waals surface area contributed by atoms with Crippen LogP contribution in [-0.4, -0.2) is 98.1 Å². The summed E-state index contributed by atoms with van der Waals surface area (Å²) < 4.78 is 9.58. The number of carbonyl (C=O) groups excluding carboxylic acids is 4. The topological polar surface area (TPSA) is 188 Å². The first-order chi connectivity index (χ1) is 27.3. The highest BCUT2D eigenvalue weighted by molar-refractivity contribution is 5.91. The Balaban J connectivity index is 0.905. The minimum absolute atomic E-state index is 0.0816. The van der Waals surface area contributed by atoms with Crippen molar-refractivity contribution in [3.63, 3.8) is 0 Å². The molecule has 2 aliphatic carbocycles. The zero-order chi connectivity index (χ0) is 38.5. The molecule has 9 rings (SSSR count). The van der Waals surface area contributed by atoms with Gasteiger partial charge < -0.3 is 39.9 Å². The minimum atomic E-state index is -0.595. The number of hydrogen-bond acceptors (Lipinski definition) is 9. The first-order valence-corrected chi connectivity index (χ1v) is 19.5. The molecule has 15 nitrogen and oxygen atoms in total. The van der Waals surface area contributed by atoms with Crippen molar-refractivity contribution in [2.45, 2.75) is 75.5 Å². The van der Waals surface area contributed by atoms with Gasteiger partial charge >= 0.3 is 12.2 Å². The largest absolute Gasteiger partial charge is 0.453 e. The van der Waals surface area contributed by atoms with E-state index in [1.54, 1.807) is 0 Å². The van der Waals surface area contributed by atoms with Crippen LogP contribution >= 0.6 is 0 Å². The van der Waals surface area contributed by atoms with Crippen molar-refractivity contribution in [1.82, 2.24) is 45.4 Å². The molecule has 4 aliphatic rings. The minimum Gasteiger partial charge on any atom is -0.453 e. The molecule has 0 radical (unpaired) electrons. The molecule has 4 unspecified atom stereocenters. The van der Waals surface area contributed by atoms with Gasteiger partial charge in [-0.05, 0) is 98.2 Å². The van der Waals surface area contributed by atoms with Crippen molar-refractivity contribution in [2.24, 2.45) is 11.8 Å². The lowest BCUT2D eigenvalue weighted by Crippen LogP contribution is -2.49. The summed E-state index contributed by atoms with van der Waals surface area (Å²) >= 11 is 0. The van der Waals surface area contributed by atoms with Crippen molar-refractivity contribution in [3.8, 4) is 22.5 Å². The summed E-state index contributed by atoms with van der Waals surface area (Å²) in [5.74, 6) is 1.53. The van der Waals surface area contributed by atoms with Crippen molar-refractivity contribution in [2.75, 3.05) is 27.3 Å². The van der Waals surface area contributed by atoms with Crippen LogP contribution in [0.4, 0.5) is 9.59 Å². The van der Waals surface area contributed by atoms with Gasteiger partial charge in [-0.1, -0.05) is 24.3 Å². The third-order valence-corrected chi connectivity index (χ3v) is 11.7. The zero-order valence-corrected chi connectivity index (χ0v) is 31.4. The van der Waals surface area contributed by atoms with Gasteiger partial charge in [-0.3, -0.25) is 9.59 Å². The number of carbonyl (C=O) groups is 4.